The lowest BCUT2D eigenvalue weighted by Gasteiger charge is -2.29. The number of halogens is 6. The van der Waals surface area contributed by atoms with E-state index in [1.165, 1.54) is 6.07 Å². The predicted molar refractivity (Wildman–Crippen MR) is 115 cm³/mol. The van der Waals surface area contributed by atoms with E-state index in [2.05, 4.69) is 5.32 Å². The third kappa shape index (κ3) is 4.70. The molecule has 2 atom stereocenters. The number of alkyl halides is 3. The number of fused-ring (bicyclic) bond motifs is 1. The van der Waals surface area contributed by atoms with Crippen molar-refractivity contribution in [1.82, 2.24) is 15.5 Å². The summed E-state index contributed by atoms with van der Waals surface area (Å²) in [5.74, 6) is -4.48. The van der Waals surface area contributed by atoms with Gasteiger partial charge < -0.3 is 10.2 Å². The van der Waals surface area contributed by atoms with Gasteiger partial charge in [-0.3, -0.25) is 24.5 Å². The fraction of sp³-hybridized carbons (Fsp3) is 0.273. The molecule has 35 heavy (non-hydrogen) atoms. The summed E-state index contributed by atoms with van der Waals surface area (Å²) >= 11 is 11.6. The maximum atomic E-state index is 15.3. The molecule has 2 aliphatic rings. The summed E-state index contributed by atoms with van der Waals surface area (Å²) in [6.45, 7) is -0.390. The standard InChI is InChI=1S/C22H15Cl2F4N3O4/c23-9-1-2-11(14(24)7-9)18(22(26,27)28)30-19(33)12-4-3-10-13(17(12)25)8-31(21(10)35)15-5-6-16(32)29-20(15)34/h1-4,7,15,18H,5-6,8H2,(H,30,33)(H,29,32,34). The summed E-state index contributed by atoms with van der Waals surface area (Å²) in [6, 6.07) is 1.66. The third-order valence-electron chi connectivity index (χ3n) is 5.77. The highest BCUT2D eigenvalue weighted by molar-refractivity contribution is 6.35. The fourth-order valence-electron chi connectivity index (χ4n) is 4.06. The highest BCUT2D eigenvalue weighted by Crippen LogP contribution is 2.38. The first-order chi connectivity index (χ1) is 16.4. The zero-order chi connectivity index (χ0) is 25.7. The van der Waals surface area contributed by atoms with Crippen molar-refractivity contribution in [2.75, 3.05) is 0 Å². The third-order valence-corrected chi connectivity index (χ3v) is 6.33. The van der Waals surface area contributed by atoms with E-state index in [9.17, 15) is 32.3 Å². The molecule has 7 nitrogen and oxygen atoms in total. The van der Waals surface area contributed by atoms with Crippen LogP contribution in [0.3, 0.4) is 0 Å². The second kappa shape index (κ2) is 9.12. The van der Waals surface area contributed by atoms with Crippen molar-refractivity contribution in [3.05, 3.63) is 68.4 Å². The van der Waals surface area contributed by atoms with Gasteiger partial charge in [0, 0.05) is 33.2 Å². The second-order valence-electron chi connectivity index (χ2n) is 7.97. The SMILES string of the molecule is O=C1CCC(N2Cc3c(ccc(C(=O)NC(c4ccc(Cl)cc4Cl)C(F)(F)F)c3F)C2=O)C(=O)N1. The topological polar surface area (TPSA) is 95.6 Å². The molecule has 0 aliphatic carbocycles. The van der Waals surface area contributed by atoms with Gasteiger partial charge in [0.2, 0.25) is 11.8 Å². The number of nitrogens with zero attached hydrogens (tertiary/aromatic N) is 1. The molecule has 1 saturated heterocycles. The number of carbonyl (C=O) groups excluding carboxylic acids is 4. The summed E-state index contributed by atoms with van der Waals surface area (Å²) in [5.41, 5.74) is -1.57. The molecule has 4 rings (SSSR count). The molecule has 2 aliphatic heterocycles. The van der Waals surface area contributed by atoms with Gasteiger partial charge in [-0.15, -0.1) is 0 Å². The molecule has 2 aromatic rings. The smallest absolute Gasteiger partial charge is 0.337 e. The first-order valence-electron chi connectivity index (χ1n) is 10.2. The Balaban J connectivity index is 1.61. The molecule has 184 valence electrons. The van der Waals surface area contributed by atoms with Crippen LogP contribution in [-0.2, 0) is 16.1 Å². The Labute approximate surface area is 205 Å². The van der Waals surface area contributed by atoms with Crippen molar-refractivity contribution in [2.45, 2.75) is 37.6 Å². The number of hydrogen-bond donors (Lipinski definition) is 2. The van der Waals surface area contributed by atoms with Gasteiger partial charge in [0.15, 0.2) is 6.04 Å². The lowest BCUT2D eigenvalue weighted by atomic mass is 10.0. The summed E-state index contributed by atoms with van der Waals surface area (Å²) < 4.78 is 56.5. The normalized spacial score (nSPS) is 18.9. The number of imide groups is 1. The van der Waals surface area contributed by atoms with Gasteiger partial charge in [0.25, 0.3) is 11.8 Å². The highest BCUT2D eigenvalue weighted by Gasteiger charge is 2.44. The van der Waals surface area contributed by atoms with Crippen LogP contribution in [-0.4, -0.2) is 40.7 Å². The molecule has 2 heterocycles. The van der Waals surface area contributed by atoms with Crippen molar-refractivity contribution < 1.29 is 36.7 Å². The lowest BCUT2D eigenvalue weighted by molar-refractivity contribution is -0.155. The van der Waals surface area contributed by atoms with Crippen LogP contribution in [0.25, 0.3) is 0 Å². The number of rotatable bonds is 4. The molecule has 0 bridgehead atoms. The van der Waals surface area contributed by atoms with Crippen molar-refractivity contribution in [1.29, 1.82) is 0 Å². The Hall–Kier alpha value is -3.18. The minimum Gasteiger partial charge on any atom is -0.337 e. The molecular weight excluding hydrogens is 517 g/mol. The molecule has 0 spiro atoms. The van der Waals surface area contributed by atoms with E-state index in [1.807, 2.05) is 0 Å². The Bertz CT molecular complexity index is 1270. The molecular formula is C22H15Cl2F4N3O4. The number of benzene rings is 2. The van der Waals surface area contributed by atoms with Crippen molar-refractivity contribution in [3.63, 3.8) is 0 Å². The largest absolute Gasteiger partial charge is 0.412 e. The second-order valence-corrected chi connectivity index (χ2v) is 8.81. The van der Waals surface area contributed by atoms with Crippen LogP contribution >= 0.6 is 23.2 Å². The Morgan fingerprint density at radius 3 is 2.49 bits per heavy atom. The summed E-state index contributed by atoms with van der Waals surface area (Å²) in [6.07, 6.45) is -4.95. The fourth-order valence-corrected chi connectivity index (χ4v) is 4.58. The molecule has 4 amide bonds. The molecule has 2 N–H and O–H groups in total. The van der Waals surface area contributed by atoms with Crippen LogP contribution in [0.5, 0.6) is 0 Å². The van der Waals surface area contributed by atoms with E-state index in [0.29, 0.717) is 0 Å². The zero-order valence-electron chi connectivity index (χ0n) is 17.5. The van der Waals surface area contributed by atoms with Crippen molar-refractivity contribution in [3.8, 4) is 0 Å². The van der Waals surface area contributed by atoms with Crippen LogP contribution < -0.4 is 10.6 Å². The van der Waals surface area contributed by atoms with Gasteiger partial charge in [0.05, 0.1) is 12.1 Å². The average molecular weight is 532 g/mol. The lowest BCUT2D eigenvalue weighted by Crippen LogP contribution is -2.52. The van der Waals surface area contributed by atoms with Crippen molar-refractivity contribution in [2.24, 2.45) is 0 Å². The van der Waals surface area contributed by atoms with Gasteiger partial charge in [-0.2, -0.15) is 13.2 Å². The first-order valence-corrected chi connectivity index (χ1v) is 10.9. The van der Waals surface area contributed by atoms with Crippen LogP contribution in [0.4, 0.5) is 17.6 Å². The van der Waals surface area contributed by atoms with E-state index in [0.717, 1.165) is 29.2 Å². The number of piperidine rings is 1. The van der Waals surface area contributed by atoms with Crippen LogP contribution in [0.15, 0.2) is 30.3 Å². The summed E-state index contributed by atoms with van der Waals surface area (Å²) in [5, 5.41) is 3.59. The van der Waals surface area contributed by atoms with Gasteiger partial charge in [-0.1, -0.05) is 29.3 Å². The van der Waals surface area contributed by atoms with E-state index in [-0.39, 0.29) is 40.6 Å². The zero-order valence-corrected chi connectivity index (χ0v) is 19.0. The highest BCUT2D eigenvalue weighted by atomic mass is 35.5. The predicted octanol–water partition coefficient (Wildman–Crippen LogP) is 3.93. The number of amides is 4. The maximum Gasteiger partial charge on any atom is 0.412 e. The summed E-state index contributed by atoms with van der Waals surface area (Å²) in [7, 11) is 0. The number of carbonyl (C=O) groups is 4. The van der Waals surface area contributed by atoms with Crippen LogP contribution in [0.2, 0.25) is 10.0 Å². The van der Waals surface area contributed by atoms with Crippen molar-refractivity contribution >= 4 is 46.8 Å². The minimum absolute atomic E-state index is 0.0151. The van der Waals surface area contributed by atoms with E-state index < -0.39 is 58.8 Å². The van der Waals surface area contributed by atoms with Gasteiger partial charge in [-0.25, -0.2) is 4.39 Å². The molecule has 2 unspecified atom stereocenters. The summed E-state index contributed by atoms with van der Waals surface area (Å²) in [4.78, 5) is 50.0. The van der Waals surface area contributed by atoms with Crippen LogP contribution in [0.1, 0.15) is 50.7 Å². The molecule has 0 aromatic heterocycles. The molecule has 1 fully saturated rings. The molecule has 0 saturated carbocycles. The average Bonchev–Trinajstić information content (AvgIpc) is 3.09. The monoisotopic (exact) mass is 531 g/mol. The Morgan fingerprint density at radius 1 is 1.14 bits per heavy atom. The van der Waals surface area contributed by atoms with Gasteiger partial charge in [0.1, 0.15) is 11.9 Å². The Kier molecular flexibility index (Phi) is 6.50. The van der Waals surface area contributed by atoms with Gasteiger partial charge in [-0.05, 0) is 30.7 Å². The maximum absolute atomic E-state index is 15.3. The molecule has 13 heteroatoms. The number of hydrogen-bond acceptors (Lipinski definition) is 4. The minimum atomic E-state index is -4.97. The van der Waals surface area contributed by atoms with E-state index in [4.69, 9.17) is 23.2 Å². The van der Waals surface area contributed by atoms with E-state index >= 15 is 4.39 Å². The van der Waals surface area contributed by atoms with Crippen LogP contribution in [0, 0.1) is 5.82 Å². The van der Waals surface area contributed by atoms with E-state index in [1.54, 1.807) is 5.32 Å². The quantitative estimate of drug-likeness (QED) is 0.461. The number of nitrogens with one attached hydrogen (secondary N) is 2. The first kappa shape index (κ1) is 24.9. The Morgan fingerprint density at radius 2 is 1.86 bits per heavy atom. The van der Waals surface area contributed by atoms with Gasteiger partial charge >= 0.3 is 6.18 Å². The molecule has 2 aromatic carbocycles. The molecule has 0 radical (unpaired) electrons.